The van der Waals surface area contributed by atoms with Crippen molar-refractivity contribution in [1.29, 1.82) is 0 Å². The van der Waals surface area contributed by atoms with Crippen LogP contribution in [0.15, 0.2) is 22.7 Å². The first-order valence-electron chi connectivity index (χ1n) is 8.88. The SMILES string of the molecule is O=C(O)N1CCC2CN(C3CC(c4nc5ccc(Br)cc5s4)C3)CC21. The van der Waals surface area contributed by atoms with Gasteiger partial charge in [0.25, 0.3) is 0 Å². The quantitative estimate of drug-likeness (QED) is 0.796. The van der Waals surface area contributed by atoms with Gasteiger partial charge in [-0.3, -0.25) is 4.90 Å². The zero-order valence-corrected chi connectivity index (χ0v) is 16.2. The van der Waals surface area contributed by atoms with Crippen molar-refractivity contribution < 1.29 is 9.90 Å². The first-order valence-corrected chi connectivity index (χ1v) is 10.5. The van der Waals surface area contributed by atoms with Crippen molar-refractivity contribution in [2.75, 3.05) is 19.6 Å². The summed E-state index contributed by atoms with van der Waals surface area (Å²) in [6.45, 7) is 2.70. The highest BCUT2D eigenvalue weighted by Gasteiger charge is 2.47. The van der Waals surface area contributed by atoms with E-state index in [1.54, 1.807) is 4.90 Å². The van der Waals surface area contributed by atoms with E-state index in [2.05, 4.69) is 33.0 Å². The second-order valence-electron chi connectivity index (χ2n) is 7.53. The number of aromatic nitrogens is 1. The molecule has 7 heteroatoms. The third-order valence-electron chi connectivity index (χ3n) is 6.17. The molecule has 5 nitrogen and oxygen atoms in total. The highest BCUT2D eigenvalue weighted by atomic mass is 79.9. The molecule has 0 radical (unpaired) electrons. The van der Waals surface area contributed by atoms with Crippen LogP contribution in [-0.2, 0) is 0 Å². The van der Waals surface area contributed by atoms with Gasteiger partial charge in [-0.2, -0.15) is 0 Å². The van der Waals surface area contributed by atoms with E-state index in [9.17, 15) is 9.90 Å². The van der Waals surface area contributed by atoms with Crippen molar-refractivity contribution in [3.63, 3.8) is 0 Å². The molecule has 2 aliphatic heterocycles. The van der Waals surface area contributed by atoms with Crippen LogP contribution in [0.4, 0.5) is 4.79 Å². The molecule has 1 amide bonds. The van der Waals surface area contributed by atoms with E-state index in [4.69, 9.17) is 4.98 Å². The fraction of sp³-hybridized carbons (Fsp3) is 0.556. The minimum Gasteiger partial charge on any atom is -0.465 e. The average molecular weight is 422 g/mol. The maximum absolute atomic E-state index is 11.3. The molecule has 2 aromatic rings. The highest BCUT2D eigenvalue weighted by Crippen LogP contribution is 2.45. The van der Waals surface area contributed by atoms with Crippen molar-refractivity contribution in [2.45, 2.75) is 37.3 Å². The Balaban J connectivity index is 1.24. The molecule has 5 rings (SSSR count). The van der Waals surface area contributed by atoms with Crippen LogP contribution in [0, 0.1) is 5.92 Å². The molecule has 2 saturated heterocycles. The summed E-state index contributed by atoms with van der Waals surface area (Å²) in [6.07, 6.45) is 2.60. The molecule has 25 heavy (non-hydrogen) atoms. The van der Waals surface area contributed by atoms with Gasteiger partial charge in [-0.15, -0.1) is 11.3 Å². The van der Waals surface area contributed by atoms with E-state index in [-0.39, 0.29) is 6.04 Å². The van der Waals surface area contributed by atoms with E-state index in [1.165, 1.54) is 9.71 Å². The maximum Gasteiger partial charge on any atom is 0.407 e. The number of hydrogen-bond acceptors (Lipinski definition) is 4. The van der Waals surface area contributed by atoms with Crippen LogP contribution < -0.4 is 0 Å². The Bertz CT molecular complexity index is 835. The standard InChI is InChI=1S/C18H20BrN3O2S/c19-12-1-2-14-16(7-12)25-17(20-14)11-5-13(6-11)21-8-10-3-4-22(18(23)24)15(10)9-21/h1-2,7,10-11,13,15H,3-6,8-9H2,(H,23,24). The zero-order chi connectivity index (χ0) is 17.1. The largest absolute Gasteiger partial charge is 0.465 e. The lowest BCUT2D eigenvalue weighted by atomic mass is 9.80. The van der Waals surface area contributed by atoms with Gasteiger partial charge in [0.2, 0.25) is 0 Å². The van der Waals surface area contributed by atoms with Crippen molar-refractivity contribution in [3.05, 3.63) is 27.7 Å². The van der Waals surface area contributed by atoms with E-state index < -0.39 is 6.09 Å². The van der Waals surface area contributed by atoms with Crippen molar-refractivity contribution in [3.8, 4) is 0 Å². The maximum atomic E-state index is 11.3. The van der Waals surface area contributed by atoms with E-state index in [0.717, 1.165) is 42.3 Å². The van der Waals surface area contributed by atoms with Crippen LogP contribution in [0.3, 0.4) is 0 Å². The Kier molecular flexibility index (Phi) is 3.80. The lowest BCUT2D eigenvalue weighted by Crippen LogP contribution is -2.45. The molecule has 1 aliphatic carbocycles. The lowest BCUT2D eigenvalue weighted by molar-refractivity contribution is 0.109. The molecule has 3 heterocycles. The van der Waals surface area contributed by atoms with Crippen LogP contribution in [0.2, 0.25) is 0 Å². The average Bonchev–Trinajstić information content (AvgIpc) is 3.18. The molecular weight excluding hydrogens is 402 g/mol. The number of halogens is 1. The molecule has 1 saturated carbocycles. The molecule has 0 bridgehead atoms. The summed E-state index contributed by atoms with van der Waals surface area (Å²) in [6, 6.07) is 7.10. The topological polar surface area (TPSA) is 56.7 Å². The number of likely N-dealkylation sites (tertiary alicyclic amines) is 2. The van der Waals surface area contributed by atoms with Gasteiger partial charge in [-0.25, -0.2) is 9.78 Å². The first-order chi connectivity index (χ1) is 12.1. The minimum absolute atomic E-state index is 0.219. The van der Waals surface area contributed by atoms with Gasteiger partial charge in [0.05, 0.1) is 21.3 Å². The van der Waals surface area contributed by atoms with Crippen LogP contribution in [0.1, 0.15) is 30.2 Å². The normalized spacial score (nSPS) is 32.1. The number of thiazole rings is 1. The predicted octanol–water partition coefficient (Wildman–Crippen LogP) is 3.99. The van der Waals surface area contributed by atoms with Gasteiger partial charge in [0.15, 0.2) is 0 Å². The van der Waals surface area contributed by atoms with E-state index in [1.807, 2.05) is 17.4 Å². The number of amides is 1. The van der Waals surface area contributed by atoms with Crippen LogP contribution in [0.25, 0.3) is 10.2 Å². The monoisotopic (exact) mass is 421 g/mol. The Hall–Kier alpha value is -1.18. The molecule has 1 N–H and O–H groups in total. The molecule has 132 valence electrons. The zero-order valence-electron chi connectivity index (χ0n) is 13.8. The van der Waals surface area contributed by atoms with Crippen LogP contribution in [0.5, 0.6) is 0 Å². The van der Waals surface area contributed by atoms with Gasteiger partial charge in [0.1, 0.15) is 0 Å². The van der Waals surface area contributed by atoms with Crippen molar-refractivity contribution in [1.82, 2.24) is 14.8 Å². The number of rotatable bonds is 2. The summed E-state index contributed by atoms with van der Waals surface area (Å²) < 4.78 is 2.36. The van der Waals surface area contributed by atoms with Gasteiger partial charge in [-0.1, -0.05) is 15.9 Å². The Morgan fingerprint density at radius 2 is 2.16 bits per heavy atom. The van der Waals surface area contributed by atoms with Crippen molar-refractivity contribution >= 4 is 43.6 Å². The van der Waals surface area contributed by atoms with Gasteiger partial charge in [-0.05, 0) is 43.4 Å². The fourth-order valence-corrected chi connectivity index (χ4v) is 6.35. The lowest BCUT2D eigenvalue weighted by Gasteiger charge is -2.41. The van der Waals surface area contributed by atoms with E-state index in [0.29, 0.717) is 24.4 Å². The number of carboxylic acid groups (broad SMARTS) is 1. The molecule has 2 atom stereocenters. The second-order valence-corrected chi connectivity index (χ2v) is 9.51. The smallest absolute Gasteiger partial charge is 0.407 e. The summed E-state index contributed by atoms with van der Waals surface area (Å²) in [4.78, 5) is 20.4. The molecule has 3 aliphatic rings. The number of benzene rings is 1. The second kappa shape index (κ2) is 5.93. The molecule has 1 aromatic carbocycles. The third-order valence-corrected chi connectivity index (χ3v) is 7.84. The number of carbonyl (C=O) groups is 1. The predicted molar refractivity (Wildman–Crippen MR) is 101 cm³/mol. The summed E-state index contributed by atoms with van der Waals surface area (Å²) in [5, 5.41) is 10.6. The molecular formula is C18H20BrN3O2S. The summed E-state index contributed by atoms with van der Waals surface area (Å²) in [5.41, 5.74) is 1.10. The van der Waals surface area contributed by atoms with Gasteiger partial charge >= 0.3 is 6.09 Å². The highest BCUT2D eigenvalue weighted by molar-refractivity contribution is 9.10. The third kappa shape index (κ3) is 2.67. The van der Waals surface area contributed by atoms with Crippen molar-refractivity contribution in [2.24, 2.45) is 5.92 Å². The fourth-order valence-electron chi connectivity index (χ4n) is 4.71. The molecule has 3 fully saturated rings. The summed E-state index contributed by atoms with van der Waals surface area (Å²) in [7, 11) is 0. The molecule has 0 spiro atoms. The Morgan fingerprint density at radius 3 is 2.96 bits per heavy atom. The van der Waals surface area contributed by atoms with Gasteiger partial charge in [0, 0.05) is 36.1 Å². The van der Waals surface area contributed by atoms with Crippen LogP contribution >= 0.6 is 27.3 Å². The summed E-state index contributed by atoms with van der Waals surface area (Å²) in [5.74, 6) is 1.10. The molecule has 2 unspecified atom stereocenters. The summed E-state index contributed by atoms with van der Waals surface area (Å²) >= 11 is 5.34. The number of hydrogen-bond donors (Lipinski definition) is 1. The van der Waals surface area contributed by atoms with E-state index >= 15 is 0 Å². The molecule has 1 aromatic heterocycles. The Labute approximate surface area is 158 Å². The Morgan fingerprint density at radius 1 is 1.32 bits per heavy atom. The number of fused-ring (bicyclic) bond motifs is 2. The first kappa shape index (κ1) is 16.0. The van der Waals surface area contributed by atoms with Gasteiger partial charge < -0.3 is 10.0 Å². The number of nitrogens with zero attached hydrogens (tertiary/aromatic N) is 3. The van der Waals surface area contributed by atoms with Crippen LogP contribution in [-0.4, -0.2) is 57.7 Å². The minimum atomic E-state index is -0.749.